The number of rotatable bonds is 4. The van der Waals surface area contributed by atoms with Crippen LogP contribution in [0.15, 0.2) is 24.0 Å². The molecule has 0 aliphatic carbocycles. The van der Waals surface area contributed by atoms with Crippen LogP contribution >= 0.6 is 11.3 Å². The summed E-state index contributed by atoms with van der Waals surface area (Å²) in [6.45, 7) is 2.36. The topological polar surface area (TPSA) is 110 Å². The molecule has 2 aliphatic heterocycles. The average Bonchev–Trinajstić information content (AvgIpc) is 3.44. The Kier molecular flexibility index (Phi) is 7.28. The Bertz CT molecular complexity index is 889. The van der Waals surface area contributed by atoms with Crippen LogP contribution in [-0.2, 0) is 23.1 Å². The lowest BCUT2D eigenvalue weighted by atomic mass is 10.0. The number of nitrogens with one attached hydrogen (secondary N) is 1. The second-order valence-electron chi connectivity index (χ2n) is 7.14. The number of aryl methyl sites for hydroxylation is 1. The van der Waals surface area contributed by atoms with E-state index in [0.29, 0.717) is 11.9 Å². The fourth-order valence-electron chi connectivity index (χ4n) is 3.69. The van der Waals surface area contributed by atoms with Gasteiger partial charge in [0.1, 0.15) is 5.01 Å². The lowest BCUT2D eigenvalue weighted by Gasteiger charge is -2.32. The van der Waals surface area contributed by atoms with E-state index < -0.39 is 12.1 Å². The zero-order chi connectivity index (χ0) is 22.6. The van der Waals surface area contributed by atoms with Gasteiger partial charge in [0.25, 0.3) is 5.91 Å². The number of amides is 1. The van der Waals surface area contributed by atoms with Crippen molar-refractivity contribution in [2.24, 2.45) is 7.05 Å². The molecule has 0 saturated carbocycles. The van der Waals surface area contributed by atoms with E-state index in [1.165, 1.54) is 0 Å². The van der Waals surface area contributed by atoms with Crippen LogP contribution in [0.1, 0.15) is 28.5 Å². The van der Waals surface area contributed by atoms with Gasteiger partial charge in [-0.3, -0.25) is 9.69 Å². The number of aromatic nitrogens is 3. The molecular formula is C18H22F3N5O4S. The molecule has 2 aromatic rings. The zero-order valence-electron chi connectivity index (χ0n) is 16.6. The maximum Gasteiger partial charge on any atom is 0.490 e. The molecule has 31 heavy (non-hydrogen) atoms. The summed E-state index contributed by atoms with van der Waals surface area (Å²) in [6, 6.07) is 0.328. The van der Waals surface area contributed by atoms with Crippen LogP contribution in [-0.4, -0.2) is 73.9 Å². The molecule has 4 rings (SSSR count). The molecule has 9 nitrogen and oxygen atoms in total. The molecule has 0 spiro atoms. The standard InChI is InChI=1S/C16H21N5O2S.C2HF3O2/c1-20-6-4-18-15(20)16(22)19-11-9-21(10-13-17-5-8-24-13)12-3-2-7-23-14(11)12;3-2(4,5)1(6)7/h4-6,8,11-12,14H,2-3,7,9-10H2,1H3,(H,19,22);(H,6,7)/t11-,12+,14+;/m0./s1. The highest BCUT2D eigenvalue weighted by molar-refractivity contribution is 7.09. The first-order chi connectivity index (χ1) is 14.7. The minimum absolute atomic E-state index is 0.0144. The SMILES string of the molecule is Cn1ccnc1C(=O)N[C@H]1CN(Cc2nccs2)[C@@H]2CCCO[C@H]12.O=C(O)C(F)(F)F. The molecule has 2 aromatic heterocycles. The molecule has 13 heteroatoms. The Morgan fingerprint density at radius 2 is 2.10 bits per heavy atom. The predicted octanol–water partition coefficient (Wildman–Crippen LogP) is 1.67. The maximum atomic E-state index is 12.5. The molecule has 0 aromatic carbocycles. The molecule has 2 saturated heterocycles. The van der Waals surface area contributed by atoms with E-state index in [2.05, 4.69) is 20.2 Å². The number of imidazole rings is 1. The summed E-state index contributed by atoms with van der Waals surface area (Å²) in [6.07, 6.45) is 2.38. The summed E-state index contributed by atoms with van der Waals surface area (Å²) in [5, 5.41) is 13.4. The zero-order valence-corrected chi connectivity index (χ0v) is 17.4. The number of likely N-dealkylation sites (tertiary alicyclic amines) is 1. The van der Waals surface area contributed by atoms with Crippen molar-refractivity contribution in [2.75, 3.05) is 13.2 Å². The summed E-state index contributed by atoms with van der Waals surface area (Å²) in [7, 11) is 1.82. The van der Waals surface area contributed by atoms with E-state index in [9.17, 15) is 18.0 Å². The Balaban J connectivity index is 0.000000339. The number of fused-ring (bicyclic) bond motifs is 1. The molecule has 1 amide bonds. The van der Waals surface area contributed by atoms with E-state index in [4.69, 9.17) is 14.6 Å². The van der Waals surface area contributed by atoms with Crippen LogP contribution in [0.5, 0.6) is 0 Å². The first-order valence-corrected chi connectivity index (χ1v) is 10.4. The Morgan fingerprint density at radius 1 is 1.35 bits per heavy atom. The summed E-state index contributed by atoms with van der Waals surface area (Å²) in [5.41, 5.74) is 0. The third-order valence-electron chi connectivity index (χ3n) is 5.04. The molecule has 2 aliphatic rings. The highest BCUT2D eigenvalue weighted by atomic mass is 32.1. The molecule has 0 radical (unpaired) electrons. The lowest BCUT2D eigenvalue weighted by Crippen LogP contribution is -2.48. The third-order valence-corrected chi connectivity index (χ3v) is 5.80. The number of nitrogens with zero attached hydrogens (tertiary/aromatic N) is 4. The van der Waals surface area contributed by atoms with Crippen LogP contribution < -0.4 is 5.32 Å². The van der Waals surface area contributed by atoms with Crippen molar-refractivity contribution in [3.63, 3.8) is 0 Å². The molecule has 3 atom stereocenters. The lowest BCUT2D eigenvalue weighted by molar-refractivity contribution is -0.192. The number of aliphatic carboxylic acids is 1. The summed E-state index contributed by atoms with van der Waals surface area (Å²) >= 11 is 1.67. The van der Waals surface area contributed by atoms with Crippen LogP contribution in [0, 0.1) is 0 Å². The van der Waals surface area contributed by atoms with Gasteiger partial charge in [0, 0.05) is 50.2 Å². The van der Waals surface area contributed by atoms with Gasteiger partial charge in [-0.05, 0) is 12.8 Å². The highest BCUT2D eigenvalue weighted by Gasteiger charge is 2.45. The first-order valence-electron chi connectivity index (χ1n) is 9.49. The van der Waals surface area contributed by atoms with Crippen molar-refractivity contribution < 1.29 is 32.6 Å². The minimum Gasteiger partial charge on any atom is -0.475 e. The number of carboxylic acid groups (broad SMARTS) is 1. The third kappa shape index (κ3) is 5.80. The van der Waals surface area contributed by atoms with Crippen LogP contribution in [0.25, 0.3) is 0 Å². The van der Waals surface area contributed by atoms with Gasteiger partial charge < -0.3 is 19.7 Å². The average molecular weight is 461 g/mol. The van der Waals surface area contributed by atoms with Crippen LogP contribution in [0.2, 0.25) is 0 Å². The van der Waals surface area contributed by atoms with Gasteiger partial charge in [-0.1, -0.05) is 0 Å². The molecule has 2 fully saturated rings. The predicted molar refractivity (Wildman–Crippen MR) is 103 cm³/mol. The van der Waals surface area contributed by atoms with Crippen molar-refractivity contribution in [2.45, 2.75) is 43.8 Å². The van der Waals surface area contributed by atoms with E-state index in [1.54, 1.807) is 28.3 Å². The number of carbonyl (C=O) groups excluding carboxylic acids is 1. The molecule has 4 heterocycles. The number of alkyl halides is 3. The van der Waals surface area contributed by atoms with Crippen molar-refractivity contribution in [3.05, 3.63) is 34.8 Å². The fraction of sp³-hybridized carbons (Fsp3) is 0.556. The van der Waals surface area contributed by atoms with E-state index in [-0.39, 0.29) is 18.1 Å². The van der Waals surface area contributed by atoms with Gasteiger partial charge in [0.05, 0.1) is 18.7 Å². The minimum atomic E-state index is -5.08. The summed E-state index contributed by atoms with van der Waals surface area (Å²) in [4.78, 5) is 32.3. The molecule has 2 N–H and O–H groups in total. The van der Waals surface area contributed by atoms with Gasteiger partial charge in [-0.25, -0.2) is 14.8 Å². The highest BCUT2D eigenvalue weighted by Crippen LogP contribution is 2.30. The second kappa shape index (κ2) is 9.75. The van der Waals surface area contributed by atoms with Crippen LogP contribution in [0.4, 0.5) is 13.2 Å². The van der Waals surface area contributed by atoms with Gasteiger partial charge in [-0.2, -0.15) is 13.2 Å². The number of ether oxygens (including phenoxy) is 1. The quantitative estimate of drug-likeness (QED) is 0.713. The number of thiazole rings is 1. The molecular weight excluding hydrogens is 439 g/mol. The van der Waals surface area contributed by atoms with E-state index in [1.807, 2.05) is 18.6 Å². The Morgan fingerprint density at radius 3 is 2.68 bits per heavy atom. The van der Waals surface area contributed by atoms with Gasteiger partial charge in [0.2, 0.25) is 0 Å². The smallest absolute Gasteiger partial charge is 0.475 e. The number of hydrogen-bond donors (Lipinski definition) is 2. The first kappa shape index (κ1) is 23.2. The molecule has 0 bridgehead atoms. The Labute approximate surface area is 179 Å². The van der Waals surface area contributed by atoms with E-state index in [0.717, 1.165) is 37.5 Å². The van der Waals surface area contributed by atoms with E-state index >= 15 is 0 Å². The van der Waals surface area contributed by atoms with Gasteiger partial charge in [-0.15, -0.1) is 11.3 Å². The van der Waals surface area contributed by atoms with Crippen molar-refractivity contribution in [1.82, 2.24) is 24.8 Å². The van der Waals surface area contributed by atoms with Gasteiger partial charge >= 0.3 is 12.1 Å². The fourth-order valence-corrected chi connectivity index (χ4v) is 4.33. The molecule has 0 unspecified atom stereocenters. The largest absolute Gasteiger partial charge is 0.490 e. The number of carboxylic acids is 1. The maximum absolute atomic E-state index is 12.5. The second-order valence-corrected chi connectivity index (χ2v) is 8.12. The monoisotopic (exact) mass is 461 g/mol. The molecule has 170 valence electrons. The normalized spacial score (nSPS) is 23.5. The number of hydrogen-bond acceptors (Lipinski definition) is 7. The van der Waals surface area contributed by atoms with Gasteiger partial charge in [0.15, 0.2) is 5.82 Å². The van der Waals surface area contributed by atoms with Crippen molar-refractivity contribution >= 4 is 23.2 Å². The summed E-state index contributed by atoms with van der Waals surface area (Å²) < 4.78 is 39.5. The van der Waals surface area contributed by atoms with Crippen molar-refractivity contribution in [1.29, 1.82) is 0 Å². The number of carbonyl (C=O) groups is 2. The van der Waals surface area contributed by atoms with Crippen molar-refractivity contribution in [3.8, 4) is 0 Å². The Hall–Kier alpha value is -2.51. The summed E-state index contributed by atoms with van der Waals surface area (Å²) in [5.74, 6) is -2.47. The number of halogens is 3. The van der Waals surface area contributed by atoms with Crippen LogP contribution in [0.3, 0.4) is 0 Å².